The van der Waals surface area contributed by atoms with Gasteiger partial charge in [-0.15, -0.1) is 0 Å². The van der Waals surface area contributed by atoms with Gasteiger partial charge >= 0.3 is 5.97 Å². The molecule has 0 fully saturated rings. The van der Waals surface area contributed by atoms with Crippen LogP contribution in [0.5, 0.6) is 5.75 Å². The molecule has 130 valence electrons. The lowest BCUT2D eigenvalue weighted by Gasteiger charge is -2.14. The largest absolute Gasteiger partial charge is 0.496 e. The zero-order chi connectivity index (χ0) is 18.1. The average molecular weight is 330 g/mol. The Labute approximate surface area is 143 Å². The van der Waals surface area contributed by atoms with Gasteiger partial charge in [0.05, 0.1) is 13.7 Å². The van der Waals surface area contributed by atoms with Crippen LogP contribution in [0.1, 0.15) is 37.5 Å². The highest BCUT2D eigenvalue weighted by atomic mass is 16.5. The quantitative estimate of drug-likeness (QED) is 0.562. The Kier molecular flexibility index (Phi) is 7.99. The summed E-state index contributed by atoms with van der Waals surface area (Å²) in [5, 5.41) is 18.0. The summed E-state index contributed by atoms with van der Waals surface area (Å²) in [4.78, 5) is 10.8. The number of carboxylic acids is 1. The van der Waals surface area contributed by atoms with E-state index in [1.165, 1.54) is 5.57 Å². The summed E-state index contributed by atoms with van der Waals surface area (Å²) in [5.41, 5.74) is 4.89. The van der Waals surface area contributed by atoms with Crippen LogP contribution in [0.4, 0.5) is 0 Å². The number of aliphatic carboxylic acids is 1. The van der Waals surface area contributed by atoms with Crippen LogP contribution >= 0.6 is 0 Å². The Hall–Kier alpha value is -2.33. The van der Waals surface area contributed by atoms with Gasteiger partial charge in [0.2, 0.25) is 0 Å². The summed E-state index contributed by atoms with van der Waals surface area (Å²) in [5.74, 6) is -0.170. The number of aliphatic hydroxyl groups excluding tert-OH is 1. The topological polar surface area (TPSA) is 66.8 Å². The molecule has 24 heavy (non-hydrogen) atoms. The van der Waals surface area contributed by atoms with E-state index < -0.39 is 5.97 Å². The van der Waals surface area contributed by atoms with Crippen molar-refractivity contribution in [2.24, 2.45) is 0 Å². The molecule has 0 atom stereocenters. The molecule has 1 rings (SSSR count). The van der Waals surface area contributed by atoms with Gasteiger partial charge in [0.15, 0.2) is 0 Å². The first kappa shape index (κ1) is 19.7. The molecule has 0 aliphatic carbocycles. The highest BCUT2D eigenvalue weighted by Gasteiger charge is 2.10. The lowest BCUT2D eigenvalue weighted by atomic mass is 9.98. The third-order valence-corrected chi connectivity index (χ3v) is 3.54. The minimum absolute atomic E-state index is 0.0194. The number of allylic oxidation sites excluding steroid dienone is 3. The maximum Gasteiger partial charge on any atom is 0.328 e. The van der Waals surface area contributed by atoms with E-state index in [1.807, 2.05) is 39.0 Å². The van der Waals surface area contributed by atoms with E-state index in [4.69, 9.17) is 14.9 Å². The highest BCUT2D eigenvalue weighted by Crippen LogP contribution is 2.28. The Balaban J connectivity index is 3.35. The zero-order valence-corrected chi connectivity index (χ0v) is 14.8. The lowest BCUT2D eigenvalue weighted by molar-refractivity contribution is -0.131. The fourth-order valence-electron chi connectivity index (χ4n) is 2.27. The molecule has 4 nitrogen and oxygen atoms in total. The van der Waals surface area contributed by atoms with E-state index in [2.05, 4.69) is 6.08 Å². The monoisotopic (exact) mass is 330 g/mol. The molecule has 0 aliphatic heterocycles. The van der Waals surface area contributed by atoms with Crippen LogP contribution in [-0.2, 0) is 17.6 Å². The van der Waals surface area contributed by atoms with Gasteiger partial charge in [0.1, 0.15) is 5.75 Å². The molecular weight excluding hydrogens is 304 g/mol. The fourth-order valence-corrected chi connectivity index (χ4v) is 2.27. The van der Waals surface area contributed by atoms with Crippen molar-refractivity contribution in [1.29, 1.82) is 0 Å². The molecule has 0 aliphatic rings. The number of benzene rings is 1. The number of hydrogen-bond acceptors (Lipinski definition) is 3. The third kappa shape index (κ3) is 6.42. The molecule has 2 N–H and O–H groups in total. The number of carbonyl (C=O) groups is 1. The lowest BCUT2D eigenvalue weighted by Crippen LogP contribution is -1.99. The molecule has 0 spiro atoms. The number of carboxylic acid groups (broad SMARTS) is 1. The van der Waals surface area contributed by atoms with Crippen LogP contribution in [0.3, 0.4) is 0 Å². The summed E-state index contributed by atoms with van der Waals surface area (Å²) in [6.45, 7) is 5.96. The van der Waals surface area contributed by atoms with Crippen LogP contribution in [0, 0.1) is 0 Å². The second-order valence-corrected chi connectivity index (χ2v) is 5.94. The maximum atomic E-state index is 10.8. The predicted molar refractivity (Wildman–Crippen MR) is 97.3 cm³/mol. The van der Waals surface area contributed by atoms with Crippen molar-refractivity contribution < 1.29 is 19.7 Å². The van der Waals surface area contributed by atoms with Crippen molar-refractivity contribution in [2.75, 3.05) is 13.7 Å². The minimum atomic E-state index is -0.978. The van der Waals surface area contributed by atoms with E-state index in [0.717, 1.165) is 40.5 Å². The number of ether oxygens (including phenoxy) is 1. The molecule has 0 amide bonds. The van der Waals surface area contributed by atoms with Crippen LogP contribution in [0.2, 0.25) is 0 Å². The summed E-state index contributed by atoms with van der Waals surface area (Å²) in [7, 11) is 1.64. The van der Waals surface area contributed by atoms with E-state index in [-0.39, 0.29) is 6.61 Å². The SMILES string of the molecule is COc1c(CC=C(C)C)cc(C=CC(=O)O)cc1CC=C(C)CO. The predicted octanol–water partition coefficient (Wildman–Crippen LogP) is 3.78. The van der Waals surface area contributed by atoms with Gasteiger partial charge in [-0.05, 0) is 68.5 Å². The Morgan fingerprint density at radius 2 is 1.71 bits per heavy atom. The second-order valence-electron chi connectivity index (χ2n) is 5.94. The van der Waals surface area contributed by atoms with Gasteiger partial charge in [-0.2, -0.15) is 0 Å². The van der Waals surface area contributed by atoms with Crippen LogP contribution in [0.15, 0.2) is 41.5 Å². The first-order chi connectivity index (χ1) is 11.4. The van der Waals surface area contributed by atoms with Crippen molar-refractivity contribution >= 4 is 12.0 Å². The molecular formula is C20H26O4. The van der Waals surface area contributed by atoms with Crippen LogP contribution in [0.25, 0.3) is 6.08 Å². The molecule has 4 heteroatoms. The van der Waals surface area contributed by atoms with Gasteiger partial charge in [-0.1, -0.05) is 23.3 Å². The van der Waals surface area contributed by atoms with Crippen molar-refractivity contribution in [2.45, 2.75) is 33.6 Å². The fraction of sp³-hybridized carbons (Fsp3) is 0.350. The second kappa shape index (κ2) is 9.73. The normalized spacial score (nSPS) is 11.6. The molecule has 0 radical (unpaired) electrons. The van der Waals surface area contributed by atoms with Crippen molar-refractivity contribution in [3.8, 4) is 5.75 Å². The molecule has 0 unspecified atom stereocenters. The van der Waals surface area contributed by atoms with E-state index in [9.17, 15) is 4.79 Å². The molecule has 0 aromatic heterocycles. The number of aliphatic hydroxyl groups is 1. The standard InChI is InChI=1S/C20H26O4/c1-14(2)5-8-17-11-16(7-10-19(22)23)12-18(20(17)24-4)9-6-15(3)13-21/h5-7,10-12,21H,8-9,13H2,1-4H3,(H,22,23). The van der Waals surface area contributed by atoms with E-state index >= 15 is 0 Å². The molecule has 0 heterocycles. The van der Waals surface area contributed by atoms with E-state index in [0.29, 0.717) is 6.42 Å². The molecule has 1 aromatic carbocycles. The summed E-state index contributed by atoms with van der Waals surface area (Å²) in [6.07, 6.45) is 8.11. The van der Waals surface area contributed by atoms with Gasteiger partial charge < -0.3 is 14.9 Å². The van der Waals surface area contributed by atoms with Crippen molar-refractivity contribution in [3.63, 3.8) is 0 Å². The van der Waals surface area contributed by atoms with Crippen molar-refractivity contribution in [3.05, 3.63) is 58.2 Å². The molecule has 0 saturated carbocycles. The summed E-state index contributed by atoms with van der Waals surface area (Å²) >= 11 is 0. The van der Waals surface area contributed by atoms with Gasteiger partial charge in [-0.25, -0.2) is 4.79 Å². The smallest absolute Gasteiger partial charge is 0.328 e. The average Bonchev–Trinajstić information content (AvgIpc) is 2.55. The van der Waals surface area contributed by atoms with Crippen molar-refractivity contribution in [1.82, 2.24) is 0 Å². The minimum Gasteiger partial charge on any atom is -0.496 e. The van der Waals surface area contributed by atoms with Gasteiger partial charge in [0, 0.05) is 6.08 Å². The van der Waals surface area contributed by atoms with Gasteiger partial charge in [-0.3, -0.25) is 0 Å². The first-order valence-electron chi connectivity index (χ1n) is 7.88. The number of methoxy groups -OCH3 is 1. The number of rotatable bonds is 8. The Morgan fingerprint density at radius 3 is 2.17 bits per heavy atom. The Bertz CT molecular complexity index is 662. The third-order valence-electron chi connectivity index (χ3n) is 3.54. The first-order valence-corrected chi connectivity index (χ1v) is 7.88. The van der Waals surface area contributed by atoms with E-state index in [1.54, 1.807) is 13.2 Å². The maximum absolute atomic E-state index is 10.8. The Morgan fingerprint density at radius 1 is 1.12 bits per heavy atom. The summed E-state index contributed by atoms with van der Waals surface area (Å²) < 4.78 is 5.59. The summed E-state index contributed by atoms with van der Waals surface area (Å²) in [6, 6.07) is 3.87. The van der Waals surface area contributed by atoms with Gasteiger partial charge in [0.25, 0.3) is 0 Å². The zero-order valence-electron chi connectivity index (χ0n) is 14.8. The number of hydrogen-bond donors (Lipinski definition) is 2. The van der Waals surface area contributed by atoms with Crippen LogP contribution in [-0.4, -0.2) is 29.9 Å². The molecule has 0 bridgehead atoms. The molecule has 0 saturated heterocycles. The van der Waals surface area contributed by atoms with Crippen LogP contribution < -0.4 is 4.74 Å². The highest BCUT2D eigenvalue weighted by molar-refractivity contribution is 5.85. The molecule has 1 aromatic rings.